The largest absolute Gasteiger partial charge is 0.481 e. The molecule has 0 radical (unpaired) electrons. The minimum Gasteiger partial charge on any atom is -0.481 e. The van der Waals surface area contributed by atoms with Gasteiger partial charge in [-0.05, 0) is 43.9 Å². The Morgan fingerprint density at radius 2 is 2.18 bits per heavy atom. The van der Waals surface area contributed by atoms with E-state index >= 15 is 0 Å². The highest BCUT2D eigenvalue weighted by atomic mass is 16.4. The van der Waals surface area contributed by atoms with E-state index in [1.165, 1.54) is 25.7 Å². The quantitative estimate of drug-likeness (QED) is 0.749. The van der Waals surface area contributed by atoms with Crippen molar-refractivity contribution >= 4 is 5.97 Å². The van der Waals surface area contributed by atoms with E-state index in [0.717, 1.165) is 32.2 Å². The fourth-order valence-electron chi connectivity index (χ4n) is 3.18. The Hall–Kier alpha value is -0.570. The van der Waals surface area contributed by atoms with Gasteiger partial charge in [0.1, 0.15) is 0 Å². The van der Waals surface area contributed by atoms with Gasteiger partial charge in [0.05, 0.1) is 5.92 Å². The van der Waals surface area contributed by atoms with Crippen LogP contribution in [0.2, 0.25) is 0 Å². The summed E-state index contributed by atoms with van der Waals surface area (Å²) in [6, 6.07) is 0.444. The van der Waals surface area contributed by atoms with Crippen molar-refractivity contribution in [3.63, 3.8) is 0 Å². The number of aliphatic carboxylic acids is 1. The van der Waals surface area contributed by atoms with E-state index in [2.05, 4.69) is 12.2 Å². The van der Waals surface area contributed by atoms with Crippen LogP contribution in [0.25, 0.3) is 0 Å². The van der Waals surface area contributed by atoms with Crippen molar-refractivity contribution in [3.8, 4) is 0 Å². The van der Waals surface area contributed by atoms with Crippen LogP contribution in [0.15, 0.2) is 0 Å². The highest BCUT2D eigenvalue weighted by Gasteiger charge is 2.41. The zero-order chi connectivity index (χ0) is 12.3. The lowest BCUT2D eigenvalue weighted by molar-refractivity contribution is -0.143. The van der Waals surface area contributed by atoms with Crippen molar-refractivity contribution < 1.29 is 9.90 Å². The zero-order valence-electron chi connectivity index (χ0n) is 10.9. The number of hydrogen-bond acceptors (Lipinski definition) is 2. The number of carbonyl (C=O) groups is 1. The Bertz CT molecular complexity index is 273. The van der Waals surface area contributed by atoms with Crippen LogP contribution in [0.3, 0.4) is 0 Å². The second-order valence-corrected chi connectivity index (χ2v) is 6.03. The summed E-state index contributed by atoms with van der Waals surface area (Å²) in [5.41, 5.74) is 0.574. The SMILES string of the molecule is CCCC1(CNC2CCCC(C(=O)O)C2)CC1. The number of carboxylic acid groups (broad SMARTS) is 1. The molecule has 2 fully saturated rings. The van der Waals surface area contributed by atoms with Crippen LogP contribution in [0.1, 0.15) is 58.3 Å². The predicted octanol–water partition coefficient (Wildman–Crippen LogP) is 2.80. The van der Waals surface area contributed by atoms with Crippen LogP contribution in [0.4, 0.5) is 0 Å². The van der Waals surface area contributed by atoms with Gasteiger partial charge < -0.3 is 10.4 Å². The van der Waals surface area contributed by atoms with E-state index in [-0.39, 0.29) is 5.92 Å². The van der Waals surface area contributed by atoms with Crippen molar-refractivity contribution in [1.82, 2.24) is 5.32 Å². The summed E-state index contributed by atoms with van der Waals surface area (Å²) >= 11 is 0. The van der Waals surface area contributed by atoms with Crippen molar-refractivity contribution in [2.45, 2.75) is 64.3 Å². The first-order valence-corrected chi connectivity index (χ1v) is 7.11. The molecule has 98 valence electrons. The van der Waals surface area contributed by atoms with Crippen LogP contribution in [-0.4, -0.2) is 23.7 Å². The molecule has 0 heterocycles. The average molecular weight is 239 g/mol. The van der Waals surface area contributed by atoms with Gasteiger partial charge in [0.2, 0.25) is 0 Å². The highest BCUT2D eigenvalue weighted by molar-refractivity contribution is 5.70. The van der Waals surface area contributed by atoms with Crippen LogP contribution >= 0.6 is 0 Å². The maximum absolute atomic E-state index is 11.0. The molecule has 2 rings (SSSR count). The number of hydrogen-bond donors (Lipinski definition) is 2. The summed E-state index contributed by atoms with van der Waals surface area (Å²) < 4.78 is 0. The number of nitrogens with one attached hydrogen (secondary N) is 1. The standard InChI is InChI=1S/C14H25NO2/c1-2-6-14(7-8-14)10-15-12-5-3-4-11(9-12)13(16)17/h11-12,15H,2-10H2,1H3,(H,16,17). The minimum atomic E-state index is -0.605. The third kappa shape index (κ3) is 3.44. The Kier molecular flexibility index (Phi) is 4.08. The Morgan fingerprint density at radius 3 is 2.76 bits per heavy atom. The molecule has 17 heavy (non-hydrogen) atoms. The molecule has 0 saturated heterocycles. The van der Waals surface area contributed by atoms with E-state index in [0.29, 0.717) is 11.5 Å². The topological polar surface area (TPSA) is 49.3 Å². The molecule has 2 aliphatic rings. The van der Waals surface area contributed by atoms with Crippen LogP contribution in [0, 0.1) is 11.3 Å². The predicted molar refractivity (Wildman–Crippen MR) is 68.0 cm³/mol. The molecular formula is C14H25NO2. The summed E-state index contributed by atoms with van der Waals surface area (Å²) in [6.45, 7) is 3.36. The zero-order valence-corrected chi connectivity index (χ0v) is 10.9. The van der Waals surface area contributed by atoms with Gasteiger partial charge in [-0.2, -0.15) is 0 Å². The van der Waals surface area contributed by atoms with Gasteiger partial charge >= 0.3 is 5.97 Å². The summed E-state index contributed by atoms with van der Waals surface area (Å²) in [5, 5.41) is 12.7. The third-order valence-corrected chi connectivity index (χ3v) is 4.53. The van der Waals surface area contributed by atoms with Gasteiger partial charge in [-0.1, -0.05) is 19.8 Å². The van der Waals surface area contributed by atoms with E-state index in [1.54, 1.807) is 0 Å². The normalized spacial score (nSPS) is 31.1. The molecule has 0 bridgehead atoms. The van der Waals surface area contributed by atoms with Gasteiger partial charge in [0.25, 0.3) is 0 Å². The Labute approximate surface area is 104 Å². The summed E-state index contributed by atoms with van der Waals surface area (Å²) in [7, 11) is 0. The molecule has 0 aromatic rings. The second kappa shape index (κ2) is 5.38. The number of carboxylic acids is 1. The van der Waals surface area contributed by atoms with Crippen molar-refractivity contribution in [2.75, 3.05) is 6.54 Å². The molecule has 3 heteroatoms. The van der Waals surface area contributed by atoms with Crippen molar-refractivity contribution in [1.29, 1.82) is 0 Å². The minimum absolute atomic E-state index is 0.109. The summed E-state index contributed by atoms with van der Waals surface area (Å²) in [6.07, 6.45) is 9.25. The van der Waals surface area contributed by atoms with Crippen molar-refractivity contribution in [2.24, 2.45) is 11.3 Å². The molecular weight excluding hydrogens is 214 g/mol. The van der Waals surface area contributed by atoms with Crippen LogP contribution in [-0.2, 0) is 4.79 Å². The van der Waals surface area contributed by atoms with E-state index in [9.17, 15) is 4.79 Å². The van der Waals surface area contributed by atoms with Gasteiger partial charge in [-0.25, -0.2) is 0 Å². The lowest BCUT2D eigenvalue weighted by Crippen LogP contribution is -2.39. The Morgan fingerprint density at radius 1 is 1.41 bits per heavy atom. The molecule has 0 aliphatic heterocycles. The monoisotopic (exact) mass is 239 g/mol. The van der Waals surface area contributed by atoms with Crippen molar-refractivity contribution in [3.05, 3.63) is 0 Å². The first-order valence-electron chi connectivity index (χ1n) is 7.11. The van der Waals surface area contributed by atoms with Gasteiger partial charge in [0, 0.05) is 12.6 Å². The fourth-order valence-corrected chi connectivity index (χ4v) is 3.18. The molecule has 0 aromatic carbocycles. The molecule has 0 spiro atoms. The van der Waals surface area contributed by atoms with Crippen LogP contribution in [0.5, 0.6) is 0 Å². The lowest BCUT2D eigenvalue weighted by Gasteiger charge is -2.29. The fraction of sp³-hybridized carbons (Fsp3) is 0.929. The molecule has 0 aromatic heterocycles. The van der Waals surface area contributed by atoms with Gasteiger partial charge in [-0.3, -0.25) is 4.79 Å². The molecule has 2 saturated carbocycles. The molecule has 2 aliphatic carbocycles. The second-order valence-electron chi connectivity index (χ2n) is 6.03. The van der Waals surface area contributed by atoms with E-state index in [4.69, 9.17) is 5.11 Å². The highest BCUT2D eigenvalue weighted by Crippen LogP contribution is 2.49. The molecule has 2 unspecified atom stereocenters. The first-order chi connectivity index (χ1) is 8.15. The number of rotatable bonds is 6. The van der Waals surface area contributed by atoms with E-state index < -0.39 is 5.97 Å². The molecule has 2 N–H and O–H groups in total. The first kappa shape index (κ1) is 12.9. The molecule has 0 amide bonds. The maximum atomic E-state index is 11.0. The summed E-state index contributed by atoms with van der Waals surface area (Å²) in [5.74, 6) is -0.714. The van der Waals surface area contributed by atoms with Gasteiger partial charge in [0.15, 0.2) is 0 Å². The maximum Gasteiger partial charge on any atom is 0.306 e. The van der Waals surface area contributed by atoms with E-state index in [1.807, 2.05) is 0 Å². The Balaban J connectivity index is 1.74. The molecule has 2 atom stereocenters. The average Bonchev–Trinajstić information content (AvgIpc) is 3.08. The smallest absolute Gasteiger partial charge is 0.306 e. The van der Waals surface area contributed by atoms with Gasteiger partial charge in [-0.15, -0.1) is 0 Å². The lowest BCUT2D eigenvalue weighted by atomic mass is 9.85. The van der Waals surface area contributed by atoms with Crippen LogP contribution < -0.4 is 5.32 Å². The summed E-state index contributed by atoms with van der Waals surface area (Å²) in [4.78, 5) is 11.0. The molecule has 3 nitrogen and oxygen atoms in total. The third-order valence-electron chi connectivity index (χ3n) is 4.53.